The molecule has 2 rings (SSSR count). The Hall–Kier alpha value is -1.61. The Morgan fingerprint density at radius 1 is 1.10 bits per heavy atom. The molecule has 1 saturated heterocycles. The summed E-state index contributed by atoms with van der Waals surface area (Å²) in [6.45, 7) is 9.93. The second kappa shape index (κ2) is 6.90. The second-order valence-corrected chi connectivity index (χ2v) is 6.25. The number of hydrogen-bond acceptors (Lipinski definition) is 2. The predicted molar refractivity (Wildman–Crippen MR) is 88.1 cm³/mol. The lowest BCUT2D eigenvalue weighted by molar-refractivity contribution is -0.127. The van der Waals surface area contributed by atoms with Crippen molar-refractivity contribution in [3.63, 3.8) is 0 Å². The van der Waals surface area contributed by atoms with Gasteiger partial charge in [0.2, 0.25) is 5.91 Å². The second-order valence-electron chi connectivity index (χ2n) is 6.25. The number of carbonyl (C=O) groups is 1. The Morgan fingerprint density at radius 2 is 1.67 bits per heavy atom. The molecule has 0 aliphatic carbocycles. The summed E-state index contributed by atoms with van der Waals surface area (Å²) >= 11 is 0. The molecule has 1 heterocycles. The SMILES string of the molecule is Cc1ccc(/C(=C/C(=O)N2CCN(C)CC2)C(C)C)cc1. The van der Waals surface area contributed by atoms with Crippen LogP contribution in [0.25, 0.3) is 5.57 Å². The summed E-state index contributed by atoms with van der Waals surface area (Å²) in [5, 5.41) is 0. The van der Waals surface area contributed by atoms with Gasteiger partial charge in [-0.25, -0.2) is 0 Å². The third-order valence-corrected chi connectivity index (χ3v) is 4.10. The molecule has 21 heavy (non-hydrogen) atoms. The first-order valence-corrected chi connectivity index (χ1v) is 7.73. The standard InChI is InChI=1S/C18H26N2O/c1-14(2)17(16-7-5-15(3)6-8-16)13-18(21)20-11-9-19(4)10-12-20/h5-8,13-14H,9-12H2,1-4H3/b17-13+. The number of benzene rings is 1. The van der Waals surface area contributed by atoms with Crippen molar-refractivity contribution >= 4 is 11.5 Å². The number of piperazine rings is 1. The summed E-state index contributed by atoms with van der Waals surface area (Å²) in [4.78, 5) is 16.7. The number of amides is 1. The van der Waals surface area contributed by atoms with Crippen molar-refractivity contribution < 1.29 is 4.79 Å². The Kier molecular flexibility index (Phi) is 5.18. The molecule has 114 valence electrons. The quantitative estimate of drug-likeness (QED) is 0.798. The fourth-order valence-electron chi connectivity index (χ4n) is 2.58. The van der Waals surface area contributed by atoms with Crippen LogP contribution in [0.3, 0.4) is 0 Å². The third-order valence-electron chi connectivity index (χ3n) is 4.10. The number of rotatable bonds is 3. The number of nitrogens with zero attached hydrogens (tertiary/aromatic N) is 2. The van der Waals surface area contributed by atoms with E-state index in [-0.39, 0.29) is 5.91 Å². The van der Waals surface area contributed by atoms with Crippen molar-refractivity contribution in [1.82, 2.24) is 9.80 Å². The van der Waals surface area contributed by atoms with E-state index in [0.29, 0.717) is 5.92 Å². The van der Waals surface area contributed by atoms with E-state index in [9.17, 15) is 4.79 Å². The highest BCUT2D eigenvalue weighted by molar-refractivity contribution is 5.95. The summed E-state index contributed by atoms with van der Waals surface area (Å²) in [6.07, 6.45) is 1.83. The molecule has 0 bridgehead atoms. The molecule has 1 amide bonds. The smallest absolute Gasteiger partial charge is 0.246 e. The van der Waals surface area contributed by atoms with Gasteiger partial charge >= 0.3 is 0 Å². The van der Waals surface area contributed by atoms with Crippen molar-refractivity contribution in [2.45, 2.75) is 20.8 Å². The molecular formula is C18H26N2O. The van der Waals surface area contributed by atoms with Crippen molar-refractivity contribution in [2.75, 3.05) is 33.2 Å². The molecule has 1 aliphatic heterocycles. The van der Waals surface area contributed by atoms with Crippen molar-refractivity contribution in [2.24, 2.45) is 5.92 Å². The molecule has 0 saturated carbocycles. The number of hydrogen-bond donors (Lipinski definition) is 0. The van der Waals surface area contributed by atoms with Crippen molar-refractivity contribution in [1.29, 1.82) is 0 Å². The van der Waals surface area contributed by atoms with Gasteiger partial charge < -0.3 is 9.80 Å². The molecule has 0 N–H and O–H groups in total. The van der Waals surface area contributed by atoms with Gasteiger partial charge in [-0.2, -0.15) is 0 Å². The highest BCUT2D eigenvalue weighted by Gasteiger charge is 2.18. The van der Waals surface area contributed by atoms with Crippen LogP contribution >= 0.6 is 0 Å². The van der Waals surface area contributed by atoms with Crippen LogP contribution in [0.1, 0.15) is 25.0 Å². The van der Waals surface area contributed by atoms with Crippen molar-refractivity contribution in [3.8, 4) is 0 Å². The average Bonchev–Trinajstić information content (AvgIpc) is 2.46. The van der Waals surface area contributed by atoms with Crippen molar-refractivity contribution in [3.05, 3.63) is 41.5 Å². The zero-order chi connectivity index (χ0) is 15.4. The number of allylic oxidation sites excluding steroid dienone is 1. The molecule has 1 aromatic rings. The van der Waals surface area contributed by atoms with Crippen LogP contribution in [-0.2, 0) is 4.79 Å². The molecule has 1 fully saturated rings. The summed E-state index contributed by atoms with van der Waals surface area (Å²) in [5.74, 6) is 0.483. The molecule has 0 radical (unpaired) electrons. The first-order chi connectivity index (χ1) is 9.97. The van der Waals surface area contributed by atoms with Gasteiger partial charge in [0.05, 0.1) is 0 Å². The zero-order valence-electron chi connectivity index (χ0n) is 13.6. The molecule has 3 nitrogen and oxygen atoms in total. The van der Waals surface area contributed by atoms with Gasteiger partial charge in [0.15, 0.2) is 0 Å². The normalized spacial score (nSPS) is 17.4. The zero-order valence-corrected chi connectivity index (χ0v) is 13.6. The van der Waals surface area contributed by atoms with E-state index in [1.807, 2.05) is 11.0 Å². The number of aryl methyl sites for hydroxylation is 1. The minimum atomic E-state index is 0.146. The summed E-state index contributed by atoms with van der Waals surface area (Å²) in [6, 6.07) is 8.43. The van der Waals surface area contributed by atoms with Crippen LogP contribution in [0.4, 0.5) is 0 Å². The van der Waals surface area contributed by atoms with E-state index in [4.69, 9.17) is 0 Å². The Balaban J connectivity index is 2.17. The molecule has 3 heteroatoms. The Morgan fingerprint density at radius 3 is 2.19 bits per heavy atom. The largest absolute Gasteiger partial charge is 0.337 e. The Bertz CT molecular complexity index is 509. The van der Waals surface area contributed by atoms with Gasteiger partial charge in [0.25, 0.3) is 0 Å². The van der Waals surface area contributed by atoms with Crippen LogP contribution in [-0.4, -0.2) is 48.9 Å². The van der Waals surface area contributed by atoms with Crippen LogP contribution in [0, 0.1) is 12.8 Å². The van der Waals surface area contributed by atoms with E-state index in [1.54, 1.807) is 0 Å². The van der Waals surface area contributed by atoms with E-state index < -0.39 is 0 Å². The molecule has 0 aromatic heterocycles. The van der Waals surface area contributed by atoms with Gasteiger partial charge in [0, 0.05) is 32.3 Å². The lowest BCUT2D eigenvalue weighted by atomic mass is 9.94. The van der Waals surface area contributed by atoms with Crippen LogP contribution in [0.2, 0.25) is 0 Å². The first-order valence-electron chi connectivity index (χ1n) is 7.73. The maximum Gasteiger partial charge on any atom is 0.246 e. The van der Waals surface area contributed by atoms with Crippen LogP contribution in [0.5, 0.6) is 0 Å². The maximum absolute atomic E-state index is 12.5. The molecule has 0 unspecified atom stereocenters. The topological polar surface area (TPSA) is 23.6 Å². The molecule has 1 aromatic carbocycles. The van der Waals surface area contributed by atoms with Gasteiger partial charge in [-0.1, -0.05) is 43.7 Å². The summed E-state index contributed by atoms with van der Waals surface area (Å²) in [5.41, 5.74) is 3.52. The summed E-state index contributed by atoms with van der Waals surface area (Å²) < 4.78 is 0. The minimum absolute atomic E-state index is 0.146. The first kappa shape index (κ1) is 15.8. The molecular weight excluding hydrogens is 260 g/mol. The van der Waals surface area contributed by atoms with E-state index in [0.717, 1.165) is 37.3 Å². The van der Waals surface area contributed by atoms with E-state index >= 15 is 0 Å². The molecule has 0 spiro atoms. The van der Waals surface area contributed by atoms with Gasteiger partial charge in [-0.15, -0.1) is 0 Å². The van der Waals surface area contributed by atoms with Gasteiger partial charge in [-0.3, -0.25) is 4.79 Å². The number of carbonyl (C=O) groups excluding carboxylic acids is 1. The van der Waals surface area contributed by atoms with Gasteiger partial charge in [0.1, 0.15) is 0 Å². The van der Waals surface area contributed by atoms with Crippen LogP contribution in [0.15, 0.2) is 30.3 Å². The fourth-order valence-corrected chi connectivity index (χ4v) is 2.58. The van der Waals surface area contributed by atoms with Gasteiger partial charge in [-0.05, 0) is 31.0 Å². The minimum Gasteiger partial charge on any atom is -0.337 e. The highest BCUT2D eigenvalue weighted by Crippen LogP contribution is 2.23. The molecule has 0 atom stereocenters. The third kappa shape index (κ3) is 4.18. The maximum atomic E-state index is 12.5. The average molecular weight is 286 g/mol. The lowest BCUT2D eigenvalue weighted by Gasteiger charge is -2.32. The number of likely N-dealkylation sites (N-methyl/N-ethyl adjacent to an activating group) is 1. The van der Waals surface area contributed by atoms with E-state index in [2.05, 4.69) is 57.0 Å². The summed E-state index contributed by atoms with van der Waals surface area (Å²) in [7, 11) is 2.10. The highest BCUT2D eigenvalue weighted by atomic mass is 16.2. The monoisotopic (exact) mass is 286 g/mol. The Labute approximate surface area is 128 Å². The molecule has 1 aliphatic rings. The van der Waals surface area contributed by atoms with Crippen LogP contribution < -0.4 is 0 Å². The lowest BCUT2D eigenvalue weighted by Crippen LogP contribution is -2.46. The fraction of sp³-hybridized carbons (Fsp3) is 0.500. The van der Waals surface area contributed by atoms with E-state index in [1.165, 1.54) is 5.56 Å². The predicted octanol–water partition coefficient (Wildman–Crippen LogP) is 2.81.